The Morgan fingerprint density at radius 3 is 2.48 bits per heavy atom. The highest BCUT2D eigenvalue weighted by molar-refractivity contribution is 9.10. The van der Waals surface area contributed by atoms with Crippen molar-refractivity contribution in [1.29, 1.82) is 0 Å². The minimum absolute atomic E-state index is 0.00170. The molecule has 3 rings (SSSR count). The van der Waals surface area contributed by atoms with E-state index in [1.165, 1.54) is 7.11 Å². The number of fused-ring (bicyclic) bond motifs is 2. The topological polar surface area (TPSA) is 93.1 Å². The monoisotopic (exact) mass is 495 g/mol. The standard InChI is InChI=1S/C23H30BrNO6/c1-13(2)18(11-20(27)30-3)22(28)25-17-9-6-15(10-17)21(25)23(29)31-12-19(26)14-4-7-16(24)8-5-14/h4-5,7-8,13,15,17-18,20-21,27H,6,9-12H2,1-3H3/t15?,17?,18-,20?,21-/m0/s1. The van der Waals surface area contributed by atoms with E-state index in [2.05, 4.69) is 15.9 Å². The maximum atomic E-state index is 13.4. The number of rotatable bonds is 9. The molecular formula is C23H30BrNO6. The number of ketones is 1. The normalized spacial score (nSPS) is 24.3. The smallest absolute Gasteiger partial charge is 0.329 e. The number of piperidine rings is 1. The Labute approximate surface area is 191 Å². The van der Waals surface area contributed by atoms with E-state index in [1.807, 2.05) is 13.8 Å². The van der Waals surface area contributed by atoms with Crippen molar-refractivity contribution in [2.45, 2.75) is 57.9 Å². The van der Waals surface area contributed by atoms with E-state index in [4.69, 9.17) is 9.47 Å². The molecule has 1 aliphatic carbocycles. The number of hydrogen-bond acceptors (Lipinski definition) is 6. The summed E-state index contributed by atoms with van der Waals surface area (Å²) in [7, 11) is 1.40. The molecule has 170 valence electrons. The second kappa shape index (κ2) is 10.2. The molecule has 1 aromatic carbocycles. The Bertz CT molecular complexity index is 811. The van der Waals surface area contributed by atoms with E-state index in [-0.39, 0.29) is 42.6 Å². The summed E-state index contributed by atoms with van der Waals surface area (Å²) in [4.78, 5) is 40.4. The van der Waals surface area contributed by atoms with Gasteiger partial charge in [-0.3, -0.25) is 9.59 Å². The Hall–Kier alpha value is -1.77. The summed E-state index contributed by atoms with van der Waals surface area (Å²) >= 11 is 3.32. The van der Waals surface area contributed by atoms with Crippen molar-refractivity contribution >= 4 is 33.6 Å². The summed E-state index contributed by atoms with van der Waals surface area (Å²) in [5.41, 5.74) is 0.463. The molecule has 5 atom stereocenters. The zero-order valence-electron chi connectivity index (χ0n) is 18.1. The predicted molar refractivity (Wildman–Crippen MR) is 117 cm³/mol. The number of carbonyl (C=O) groups is 3. The van der Waals surface area contributed by atoms with Gasteiger partial charge >= 0.3 is 5.97 Å². The van der Waals surface area contributed by atoms with Crippen LogP contribution >= 0.6 is 15.9 Å². The van der Waals surface area contributed by atoms with Crippen LogP contribution in [-0.4, -0.2) is 59.8 Å². The molecule has 0 spiro atoms. The second-order valence-corrected chi connectivity index (χ2v) is 9.65. The highest BCUT2D eigenvalue weighted by Gasteiger charge is 2.53. The number of nitrogens with zero attached hydrogens (tertiary/aromatic N) is 1. The fraction of sp³-hybridized carbons (Fsp3) is 0.609. The first-order chi connectivity index (χ1) is 14.7. The van der Waals surface area contributed by atoms with Crippen LogP contribution in [0.5, 0.6) is 0 Å². The molecule has 2 bridgehead atoms. The summed E-state index contributed by atoms with van der Waals surface area (Å²) in [5.74, 6) is -1.41. The number of hydrogen-bond donors (Lipinski definition) is 1. The molecule has 2 fully saturated rings. The number of Topliss-reactive ketones (excluding diaryl/α,β-unsaturated/α-hetero) is 1. The van der Waals surface area contributed by atoms with Gasteiger partial charge in [0.25, 0.3) is 0 Å². The maximum Gasteiger partial charge on any atom is 0.329 e. The lowest BCUT2D eigenvalue weighted by molar-refractivity contribution is -0.161. The van der Waals surface area contributed by atoms with Gasteiger partial charge < -0.3 is 19.5 Å². The van der Waals surface area contributed by atoms with Crippen LogP contribution in [0.3, 0.4) is 0 Å². The van der Waals surface area contributed by atoms with Crippen molar-refractivity contribution in [3.8, 4) is 0 Å². The zero-order valence-corrected chi connectivity index (χ0v) is 19.7. The molecule has 1 aliphatic heterocycles. The highest BCUT2D eigenvalue weighted by Crippen LogP contribution is 2.44. The molecule has 0 radical (unpaired) electrons. The summed E-state index contributed by atoms with van der Waals surface area (Å²) in [6.07, 6.45) is 1.62. The summed E-state index contributed by atoms with van der Waals surface area (Å²) in [6.45, 7) is 3.49. The fourth-order valence-corrected chi connectivity index (χ4v) is 4.98. The molecule has 1 saturated heterocycles. The van der Waals surface area contributed by atoms with Gasteiger partial charge in [-0.1, -0.05) is 41.9 Å². The average Bonchev–Trinajstić information content (AvgIpc) is 3.37. The van der Waals surface area contributed by atoms with Gasteiger partial charge in [-0.25, -0.2) is 4.79 Å². The van der Waals surface area contributed by atoms with Crippen LogP contribution < -0.4 is 0 Å². The van der Waals surface area contributed by atoms with Gasteiger partial charge in [0, 0.05) is 35.5 Å². The van der Waals surface area contributed by atoms with Crippen molar-refractivity contribution in [3.05, 3.63) is 34.3 Å². The first kappa shape index (κ1) is 23.9. The molecule has 2 aliphatic rings. The van der Waals surface area contributed by atoms with E-state index in [9.17, 15) is 19.5 Å². The number of likely N-dealkylation sites (tertiary alicyclic amines) is 1. The third-order valence-corrected chi connectivity index (χ3v) is 6.97. The zero-order chi connectivity index (χ0) is 22.7. The fourth-order valence-electron chi connectivity index (χ4n) is 4.71. The number of amides is 1. The Morgan fingerprint density at radius 1 is 1.19 bits per heavy atom. The Morgan fingerprint density at radius 2 is 1.87 bits per heavy atom. The molecule has 1 heterocycles. The number of benzene rings is 1. The second-order valence-electron chi connectivity index (χ2n) is 8.73. The van der Waals surface area contributed by atoms with E-state index < -0.39 is 24.2 Å². The van der Waals surface area contributed by atoms with Crippen LogP contribution in [0, 0.1) is 17.8 Å². The Balaban J connectivity index is 1.69. The number of halogens is 1. The third kappa shape index (κ3) is 5.35. The Kier molecular flexibility index (Phi) is 7.88. The maximum absolute atomic E-state index is 13.4. The molecule has 3 unspecified atom stereocenters. The molecule has 31 heavy (non-hydrogen) atoms. The number of ether oxygens (including phenoxy) is 2. The van der Waals surface area contributed by atoms with Crippen molar-refractivity contribution in [1.82, 2.24) is 4.90 Å². The average molecular weight is 496 g/mol. The molecule has 1 saturated carbocycles. The van der Waals surface area contributed by atoms with Crippen LogP contribution in [0.1, 0.15) is 49.9 Å². The van der Waals surface area contributed by atoms with Gasteiger partial charge in [0.15, 0.2) is 18.7 Å². The van der Waals surface area contributed by atoms with Crippen LogP contribution in [0.25, 0.3) is 0 Å². The molecule has 8 heteroatoms. The van der Waals surface area contributed by atoms with Crippen LogP contribution in [-0.2, 0) is 19.1 Å². The van der Waals surface area contributed by atoms with Gasteiger partial charge in [-0.05, 0) is 43.2 Å². The molecule has 7 nitrogen and oxygen atoms in total. The third-order valence-electron chi connectivity index (χ3n) is 6.44. The molecule has 1 N–H and O–H groups in total. The van der Waals surface area contributed by atoms with E-state index in [0.717, 1.165) is 23.7 Å². The molecule has 1 aromatic rings. The molecule has 0 aromatic heterocycles. The molecular weight excluding hydrogens is 466 g/mol. The van der Waals surface area contributed by atoms with Crippen molar-refractivity contribution in [2.24, 2.45) is 17.8 Å². The van der Waals surface area contributed by atoms with E-state index in [1.54, 1.807) is 29.2 Å². The van der Waals surface area contributed by atoms with Gasteiger partial charge in [0.2, 0.25) is 5.91 Å². The van der Waals surface area contributed by atoms with Crippen LogP contribution in [0.4, 0.5) is 0 Å². The largest absolute Gasteiger partial charge is 0.456 e. The minimum Gasteiger partial charge on any atom is -0.456 e. The number of carbonyl (C=O) groups excluding carboxylic acids is 3. The quantitative estimate of drug-likeness (QED) is 0.321. The van der Waals surface area contributed by atoms with Gasteiger partial charge in [0.05, 0.1) is 0 Å². The van der Waals surface area contributed by atoms with Crippen LogP contribution in [0.15, 0.2) is 28.7 Å². The lowest BCUT2D eigenvalue weighted by Crippen LogP contribution is -2.52. The lowest BCUT2D eigenvalue weighted by Gasteiger charge is -2.37. The van der Waals surface area contributed by atoms with Crippen molar-refractivity contribution in [2.75, 3.05) is 13.7 Å². The SMILES string of the molecule is COC(O)C[C@H](C(=O)N1C2CCC(C2)[C@H]1C(=O)OCC(=O)c1ccc(Br)cc1)C(C)C. The number of methoxy groups -OCH3 is 1. The van der Waals surface area contributed by atoms with Crippen molar-refractivity contribution in [3.63, 3.8) is 0 Å². The summed E-state index contributed by atoms with van der Waals surface area (Å²) in [6, 6.07) is 6.17. The van der Waals surface area contributed by atoms with Gasteiger partial charge in [0.1, 0.15) is 6.04 Å². The number of aliphatic hydroxyl groups is 1. The first-order valence-electron chi connectivity index (χ1n) is 10.7. The van der Waals surface area contributed by atoms with Gasteiger partial charge in [-0.15, -0.1) is 0 Å². The number of aliphatic hydroxyl groups excluding tert-OH is 1. The summed E-state index contributed by atoms with van der Waals surface area (Å²) in [5, 5.41) is 9.92. The number of esters is 1. The van der Waals surface area contributed by atoms with Crippen molar-refractivity contribution < 1.29 is 29.0 Å². The predicted octanol–water partition coefficient (Wildman–Crippen LogP) is 3.18. The lowest BCUT2D eigenvalue weighted by atomic mass is 9.89. The first-order valence-corrected chi connectivity index (χ1v) is 11.5. The van der Waals surface area contributed by atoms with E-state index in [0.29, 0.717) is 5.56 Å². The summed E-state index contributed by atoms with van der Waals surface area (Å²) < 4.78 is 11.2. The van der Waals surface area contributed by atoms with E-state index >= 15 is 0 Å². The highest BCUT2D eigenvalue weighted by atomic mass is 79.9. The molecule has 1 amide bonds. The van der Waals surface area contributed by atoms with Gasteiger partial charge in [-0.2, -0.15) is 0 Å². The minimum atomic E-state index is -1.04. The van der Waals surface area contributed by atoms with Crippen LogP contribution in [0.2, 0.25) is 0 Å².